The number of benzene rings is 2. The third kappa shape index (κ3) is 2.61. The van der Waals surface area contributed by atoms with Crippen LogP contribution in [-0.4, -0.2) is 5.78 Å². The maximum absolute atomic E-state index is 13.5. The minimum Gasteiger partial charge on any atom is -0.288 e. The quantitative estimate of drug-likeness (QED) is 0.600. The number of halogens is 5. The lowest BCUT2D eigenvalue weighted by atomic mass is 10.0. The lowest BCUT2D eigenvalue weighted by Crippen LogP contribution is -2.10. The molecular formula is C13H5ClF4O. The van der Waals surface area contributed by atoms with E-state index in [9.17, 15) is 22.4 Å². The second kappa shape index (κ2) is 5.01. The van der Waals surface area contributed by atoms with Gasteiger partial charge in [-0.05, 0) is 18.2 Å². The minimum atomic E-state index is -1.39. The molecule has 0 unspecified atom stereocenters. The van der Waals surface area contributed by atoms with Crippen molar-refractivity contribution in [2.75, 3.05) is 0 Å². The largest absolute Gasteiger partial charge is 0.288 e. The van der Waals surface area contributed by atoms with Crippen LogP contribution in [0.25, 0.3) is 0 Å². The molecule has 98 valence electrons. The second-order valence-electron chi connectivity index (χ2n) is 3.70. The van der Waals surface area contributed by atoms with Crippen LogP contribution in [0.2, 0.25) is 5.02 Å². The van der Waals surface area contributed by atoms with E-state index in [0.29, 0.717) is 12.1 Å². The van der Waals surface area contributed by atoms with Gasteiger partial charge in [-0.25, -0.2) is 17.6 Å². The van der Waals surface area contributed by atoms with Crippen LogP contribution in [-0.2, 0) is 0 Å². The molecule has 0 aromatic heterocycles. The first-order chi connectivity index (χ1) is 8.90. The molecule has 0 amide bonds. The summed E-state index contributed by atoms with van der Waals surface area (Å²) in [5, 5.41) is 0.0362. The van der Waals surface area contributed by atoms with E-state index in [1.54, 1.807) is 0 Å². The molecule has 0 atom stereocenters. The van der Waals surface area contributed by atoms with E-state index in [2.05, 4.69) is 0 Å². The molecule has 0 heterocycles. The van der Waals surface area contributed by atoms with E-state index in [1.807, 2.05) is 0 Å². The Labute approximate surface area is 110 Å². The molecule has 0 N–H and O–H groups in total. The molecular weight excluding hydrogens is 284 g/mol. The summed E-state index contributed by atoms with van der Waals surface area (Å²) in [7, 11) is 0. The van der Waals surface area contributed by atoms with E-state index in [1.165, 1.54) is 6.07 Å². The van der Waals surface area contributed by atoms with Gasteiger partial charge in [0, 0.05) is 17.2 Å². The van der Waals surface area contributed by atoms with Crippen molar-refractivity contribution in [1.29, 1.82) is 0 Å². The lowest BCUT2D eigenvalue weighted by molar-refractivity contribution is 0.102. The Bertz CT molecular complexity index is 647. The van der Waals surface area contributed by atoms with Crippen molar-refractivity contribution in [3.05, 3.63) is 69.8 Å². The highest BCUT2D eigenvalue weighted by Gasteiger charge is 2.22. The highest BCUT2D eigenvalue weighted by atomic mass is 35.5. The first-order valence-electron chi connectivity index (χ1n) is 5.04. The fourth-order valence-electron chi connectivity index (χ4n) is 1.57. The van der Waals surface area contributed by atoms with E-state index in [4.69, 9.17) is 11.6 Å². The molecule has 0 radical (unpaired) electrons. The maximum Gasteiger partial charge on any atom is 0.201 e. The lowest BCUT2D eigenvalue weighted by Gasteiger charge is -2.06. The Morgan fingerprint density at radius 1 is 0.895 bits per heavy atom. The minimum absolute atomic E-state index is 0.0362. The van der Waals surface area contributed by atoms with Crippen LogP contribution in [0.1, 0.15) is 15.9 Å². The van der Waals surface area contributed by atoms with Gasteiger partial charge < -0.3 is 0 Å². The molecule has 0 fully saturated rings. The summed E-state index contributed by atoms with van der Waals surface area (Å²) in [6.45, 7) is 0. The van der Waals surface area contributed by atoms with Gasteiger partial charge in [-0.2, -0.15) is 0 Å². The molecule has 0 spiro atoms. The number of rotatable bonds is 2. The van der Waals surface area contributed by atoms with Gasteiger partial charge in [0.15, 0.2) is 0 Å². The standard InChI is InChI=1S/C13H5ClF4O/c14-6-1-2-8(9(16)3-6)13(19)12-10(17)4-7(15)5-11(12)18/h1-5H. The van der Waals surface area contributed by atoms with Gasteiger partial charge in [0.2, 0.25) is 5.78 Å². The molecule has 2 aromatic rings. The van der Waals surface area contributed by atoms with E-state index >= 15 is 0 Å². The predicted molar refractivity (Wildman–Crippen MR) is 61.2 cm³/mol. The van der Waals surface area contributed by atoms with Crippen LogP contribution in [0.5, 0.6) is 0 Å². The molecule has 0 saturated carbocycles. The number of carbonyl (C=O) groups excluding carboxylic acids is 1. The van der Waals surface area contributed by atoms with E-state index < -0.39 is 40.2 Å². The van der Waals surface area contributed by atoms with Gasteiger partial charge in [-0.15, -0.1) is 0 Å². The first-order valence-corrected chi connectivity index (χ1v) is 5.42. The molecule has 1 nitrogen and oxygen atoms in total. The topological polar surface area (TPSA) is 17.1 Å². The summed E-state index contributed by atoms with van der Waals surface area (Å²) in [5.74, 6) is -6.18. The van der Waals surface area contributed by atoms with Crippen molar-refractivity contribution < 1.29 is 22.4 Å². The van der Waals surface area contributed by atoms with Gasteiger partial charge in [-0.3, -0.25) is 4.79 Å². The summed E-state index contributed by atoms with van der Waals surface area (Å²) in [4.78, 5) is 11.8. The first kappa shape index (κ1) is 13.5. The molecule has 2 rings (SSSR count). The summed E-state index contributed by atoms with van der Waals surface area (Å²) >= 11 is 5.50. The Morgan fingerprint density at radius 2 is 1.47 bits per heavy atom. The predicted octanol–water partition coefficient (Wildman–Crippen LogP) is 4.13. The Balaban J connectivity index is 2.56. The Morgan fingerprint density at radius 3 is 2.00 bits per heavy atom. The van der Waals surface area contributed by atoms with Gasteiger partial charge in [0.05, 0.1) is 11.1 Å². The normalized spacial score (nSPS) is 10.6. The van der Waals surface area contributed by atoms with E-state index in [-0.39, 0.29) is 5.02 Å². The zero-order valence-corrected chi connectivity index (χ0v) is 9.94. The van der Waals surface area contributed by atoms with Crippen molar-refractivity contribution >= 4 is 17.4 Å². The van der Waals surface area contributed by atoms with Crippen molar-refractivity contribution in [3.8, 4) is 0 Å². The highest BCUT2D eigenvalue weighted by molar-refractivity contribution is 6.30. The molecule has 0 saturated heterocycles. The number of ketones is 1. The Kier molecular flexibility index (Phi) is 3.57. The monoisotopic (exact) mass is 288 g/mol. The van der Waals surface area contributed by atoms with E-state index in [0.717, 1.165) is 12.1 Å². The molecule has 6 heteroatoms. The summed E-state index contributed by atoms with van der Waals surface area (Å²) in [5.41, 5.74) is -1.56. The molecule has 0 aliphatic heterocycles. The number of hydrogen-bond donors (Lipinski definition) is 0. The fraction of sp³-hybridized carbons (Fsp3) is 0. The molecule has 19 heavy (non-hydrogen) atoms. The van der Waals surface area contributed by atoms with Crippen LogP contribution in [0.4, 0.5) is 17.6 Å². The van der Waals surface area contributed by atoms with Crippen LogP contribution in [0.15, 0.2) is 30.3 Å². The SMILES string of the molecule is O=C(c1ccc(Cl)cc1F)c1c(F)cc(F)cc1F. The number of hydrogen-bond acceptors (Lipinski definition) is 1. The third-order valence-corrected chi connectivity index (χ3v) is 2.64. The van der Waals surface area contributed by atoms with Crippen LogP contribution in [0.3, 0.4) is 0 Å². The number of carbonyl (C=O) groups is 1. The van der Waals surface area contributed by atoms with Crippen molar-refractivity contribution in [2.24, 2.45) is 0 Å². The summed E-state index contributed by atoms with van der Waals surface area (Å²) in [6, 6.07) is 3.75. The van der Waals surface area contributed by atoms with Crippen molar-refractivity contribution in [2.45, 2.75) is 0 Å². The molecule has 0 aliphatic carbocycles. The highest BCUT2D eigenvalue weighted by Crippen LogP contribution is 2.22. The summed E-state index contributed by atoms with van der Waals surface area (Å²) in [6.07, 6.45) is 0. The maximum atomic E-state index is 13.5. The molecule has 2 aromatic carbocycles. The van der Waals surface area contributed by atoms with Crippen LogP contribution >= 0.6 is 11.6 Å². The van der Waals surface area contributed by atoms with Gasteiger partial charge >= 0.3 is 0 Å². The molecule has 0 bridgehead atoms. The Hall–Kier alpha value is -1.88. The van der Waals surface area contributed by atoms with Crippen LogP contribution < -0.4 is 0 Å². The fourth-order valence-corrected chi connectivity index (χ4v) is 1.73. The third-order valence-electron chi connectivity index (χ3n) is 2.41. The average Bonchev–Trinajstić information content (AvgIpc) is 2.26. The second-order valence-corrected chi connectivity index (χ2v) is 4.13. The zero-order valence-electron chi connectivity index (χ0n) is 9.18. The summed E-state index contributed by atoms with van der Waals surface area (Å²) < 4.78 is 53.0. The zero-order chi connectivity index (χ0) is 14.2. The smallest absolute Gasteiger partial charge is 0.201 e. The van der Waals surface area contributed by atoms with Crippen molar-refractivity contribution in [3.63, 3.8) is 0 Å². The van der Waals surface area contributed by atoms with Gasteiger partial charge in [0.25, 0.3) is 0 Å². The van der Waals surface area contributed by atoms with Gasteiger partial charge in [-0.1, -0.05) is 11.6 Å². The molecule has 0 aliphatic rings. The average molecular weight is 289 g/mol. The van der Waals surface area contributed by atoms with Crippen molar-refractivity contribution in [1.82, 2.24) is 0 Å². The van der Waals surface area contributed by atoms with Gasteiger partial charge in [0.1, 0.15) is 23.3 Å². The van der Waals surface area contributed by atoms with Crippen LogP contribution in [0, 0.1) is 23.3 Å².